The van der Waals surface area contributed by atoms with E-state index in [-0.39, 0.29) is 12.6 Å². The number of hydrogen-bond donors (Lipinski definition) is 3. The molecule has 0 bridgehead atoms. The van der Waals surface area contributed by atoms with Gasteiger partial charge < -0.3 is 25.4 Å². The monoisotopic (exact) mass is 335 g/mol. The van der Waals surface area contributed by atoms with Gasteiger partial charge >= 0.3 is 12.1 Å². The Morgan fingerprint density at radius 2 is 2.21 bits per heavy atom. The van der Waals surface area contributed by atoms with Crippen molar-refractivity contribution in [1.82, 2.24) is 15.5 Å². The Bertz CT molecular complexity index is 538. The van der Waals surface area contributed by atoms with E-state index >= 15 is 0 Å². The molecule has 1 aromatic carbocycles. The van der Waals surface area contributed by atoms with E-state index in [1.54, 1.807) is 4.90 Å². The van der Waals surface area contributed by atoms with Crippen molar-refractivity contribution >= 4 is 12.1 Å². The Labute approximate surface area is 142 Å². The fourth-order valence-electron chi connectivity index (χ4n) is 2.56. The van der Waals surface area contributed by atoms with Crippen molar-refractivity contribution in [2.75, 3.05) is 19.7 Å². The van der Waals surface area contributed by atoms with Crippen LogP contribution in [0.3, 0.4) is 0 Å². The minimum absolute atomic E-state index is 0.225. The van der Waals surface area contributed by atoms with E-state index in [1.165, 1.54) is 0 Å². The third kappa shape index (κ3) is 5.13. The van der Waals surface area contributed by atoms with Crippen LogP contribution in [0, 0.1) is 0 Å². The summed E-state index contributed by atoms with van der Waals surface area (Å²) in [6.45, 7) is 3.07. The summed E-state index contributed by atoms with van der Waals surface area (Å²) in [6.07, 6.45) is 0.496. The van der Waals surface area contributed by atoms with Gasteiger partial charge in [0, 0.05) is 19.6 Å². The molecule has 7 heteroatoms. The van der Waals surface area contributed by atoms with Gasteiger partial charge in [-0.1, -0.05) is 43.7 Å². The second-order valence-corrected chi connectivity index (χ2v) is 5.83. The predicted molar refractivity (Wildman–Crippen MR) is 89.4 cm³/mol. The van der Waals surface area contributed by atoms with Gasteiger partial charge in [-0.15, -0.1) is 0 Å². The summed E-state index contributed by atoms with van der Waals surface area (Å²) in [5, 5.41) is 14.9. The number of hydrogen-bond acceptors (Lipinski definition) is 4. The first-order chi connectivity index (χ1) is 11.6. The number of amides is 3. The highest BCUT2D eigenvalue weighted by molar-refractivity contribution is 5.77. The molecule has 1 saturated heterocycles. The maximum Gasteiger partial charge on any atom is 0.407 e. The smallest absolute Gasteiger partial charge is 0.407 e. The van der Waals surface area contributed by atoms with Crippen LogP contribution in [0.25, 0.3) is 0 Å². The number of benzene rings is 1. The largest absolute Gasteiger partial charge is 0.442 e. The lowest BCUT2D eigenvalue weighted by Gasteiger charge is -2.21. The number of aliphatic hydroxyl groups excluding tert-OH is 1. The lowest BCUT2D eigenvalue weighted by molar-refractivity contribution is 0.0393. The van der Waals surface area contributed by atoms with E-state index in [2.05, 4.69) is 10.6 Å². The molecular formula is C17H25N3O4. The van der Waals surface area contributed by atoms with Crippen molar-refractivity contribution in [3.05, 3.63) is 35.9 Å². The average Bonchev–Trinajstić information content (AvgIpc) is 2.94. The maximum absolute atomic E-state index is 12.1. The molecule has 1 aromatic rings. The normalized spacial score (nSPS) is 18.2. The molecule has 7 nitrogen and oxygen atoms in total. The first-order valence-electron chi connectivity index (χ1n) is 8.28. The first-order valence-corrected chi connectivity index (χ1v) is 8.28. The maximum atomic E-state index is 12.1. The Kier molecular flexibility index (Phi) is 6.87. The number of alkyl carbamates (subject to hydrolysis) is 1. The lowest BCUT2D eigenvalue weighted by atomic mass is 10.1. The molecular weight excluding hydrogens is 310 g/mol. The van der Waals surface area contributed by atoms with Crippen LogP contribution in [0.15, 0.2) is 30.3 Å². The van der Waals surface area contributed by atoms with Crippen molar-refractivity contribution in [2.45, 2.75) is 38.5 Å². The summed E-state index contributed by atoms with van der Waals surface area (Å²) in [6, 6.07) is 9.00. The molecule has 0 unspecified atom stereocenters. The summed E-state index contributed by atoms with van der Waals surface area (Å²) in [4.78, 5) is 25.5. The Balaban J connectivity index is 1.86. The van der Waals surface area contributed by atoms with E-state index in [9.17, 15) is 14.7 Å². The number of rotatable bonds is 8. The molecule has 1 aliphatic heterocycles. The van der Waals surface area contributed by atoms with E-state index in [0.29, 0.717) is 19.6 Å². The van der Waals surface area contributed by atoms with Crippen LogP contribution < -0.4 is 10.6 Å². The Morgan fingerprint density at radius 1 is 1.46 bits per heavy atom. The number of carbonyl (C=O) groups is 2. The van der Waals surface area contributed by atoms with Crippen molar-refractivity contribution in [3.8, 4) is 0 Å². The van der Waals surface area contributed by atoms with Gasteiger partial charge in [0.1, 0.15) is 6.10 Å². The average molecular weight is 335 g/mol. The van der Waals surface area contributed by atoms with Crippen LogP contribution in [0.4, 0.5) is 9.59 Å². The zero-order valence-electron chi connectivity index (χ0n) is 13.9. The molecule has 1 heterocycles. The predicted octanol–water partition coefficient (Wildman–Crippen LogP) is 1.47. The second-order valence-electron chi connectivity index (χ2n) is 5.83. The summed E-state index contributed by atoms with van der Waals surface area (Å²) in [5.41, 5.74) is 1.02. The Morgan fingerprint density at radius 3 is 2.88 bits per heavy atom. The van der Waals surface area contributed by atoms with Crippen LogP contribution in [0.2, 0.25) is 0 Å². The molecule has 2 atom stereocenters. The fourth-order valence-corrected chi connectivity index (χ4v) is 2.56. The number of unbranched alkanes of at least 4 members (excludes halogenated alkanes) is 1. The zero-order valence-corrected chi connectivity index (χ0v) is 13.9. The molecule has 3 amide bonds. The molecule has 132 valence electrons. The summed E-state index contributed by atoms with van der Waals surface area (Å²) < 4.78 is 5.24. The summed E-state index contributed by atoms with van der Waals surface area (Å²) in [5.74, 6) is 0. The molecule has 1 aliphatic rings. The van der Waals surface area contributed by atoms with Gasteiger partial charge in [0.15, 0.2) is 0 Å². The van der Waals surface area contributed by atoms with Crippen LogP contribution in [0.1, 0.15) is 25.3 Å². The quantitative estimate of drug-likeness (QED) is 0.628. The third-order valence-corrected chi connectivity index (χ3v) is 3.92. The van der Waals surface area contributed by atoms with Gasteiger partial charge in [-0.2, -0.15) is 0 Å². The van der Waals surface area contributed by atoms with Crippen molar-refractivity contribution in [1.29, 1.82) is 0 Å². The number of nitrogens with one attached hydrogen (secondary N) is 2. The molecule has 0 spiro atoms. The van der Waals surface area contributed by atoms with Gasteiger partial charge in [0.05, 0.1) is 12.6 Å². The molecule has 0 radical (unpaired) electrons. The van der Waals surface area contributed by atoms with Gasteiger partial charge in [-0.3, -0.25) is 0 Å². The summed E-state index contributed by atoms with van der Waals surface area (Å²) in [7, 11) is 0. The van der Waals surface area contributed by atoms with Crippen LogP contribution in [-0.4, -0.2) is 54.0 Å². The molecule has 2 rings (SSSR count). The number of carbonyl (C=O) groups excluding carboxylic acids is 2. The minimum Gasteiger partial charge on any atom is -0.442 e. The van der Waals surface area contributed by atoms with E-state index in [4.69, 9.17) is 4.74 Å². The van der Waals surface area contributed by atoms with Crippen molar-refractivity contribution in [2.24, 2.45) is 0 Å². The van der Waals surface area contributed by atoms with Gasteiger partial charge in [0.2, 0.25) is 0 Å². The summed E-state index contributed by atoms with van der Waals surface area (Å²) >= 11 is 0. The van der Waals surface area contributed by atoms with E-state index in [0.717, 1.165) is 18.4 Å². The van der Waals surface area contributed by atoms with Crippen LogP contribution in [-0.2, 0) is 11.3 Å². The topological polar surface area (TPSA) is 90.9 Å². The van der Waals surface area contributed by atoms with Crippen LogP contribution in [0.5, 0.6) is 0 Å². The van der Waals surface area contributed by atoms with Crippen molar-refractivity contribution < 1.29 is 19.4 Å². The highest BCUT2D eigenvalue weighted by atomic mass is 16.6. The molecule has 1 fully saturated rings. The fraction of sp³-hybridized carbons (Fsp3) is 0.529. The molecule has 0 saturated carbocycles. The van der Waals surface area contributed by atoms with Crippen molar-refractivity contribution in [3.63, 3.8) is 0 Å². The third-order valence-electron chi connectivity index (χ3n) is 3.92. The zero-order chi connectivity index (χ0) is 17.4. The number of urea groups is 1. The van der Waals surface area contributed by atoms with Gasteiger partial charge in [-0.05, 0) is 12.0 Å². The number of nitrogens with zero attached hydrogens (tertiary/aromatic N) is 1. The van der Waals surface area contributed by atoms with E-state index in [1.807, 2.05) is 37.3 Å². The van der Waals surface area contributed by atoms with Gasteiger partial charge in [-0.25, -0.2) is 9.59 Å². The first kappa shape index (κ1) is 18.1. The molecule has 0 aromatic heterocycles. The number of aliphatic hydroxyl groups is 1. The molecule has 3 N–H and O–H groups in total. The Hall–Kier alpha value is -2.28. The second kappa shape index (κ2) is 9.12. The molecule has 0 aliphatic carbocycles. The van der Waals surface area contributed by atoms with E-state index < -0.39 is 18.2 Å². The van der Waals surface area contributed by atoms with Gasteiger partial charge in [0.25, 0.3) is 0 Å². The standard InChI is InChI=1S/C17H25N3O4/c1-2-3-9-18-17(23)24-15(12-21)14-11-20(16(22)19-14)10-13-7-5-4-6-8-13/h4-8,14-15,21H,2-3,9-12H2,1H3,(H,18,23)(H,19,22)/t14-,15-/m0/s1. The minimum atomic E-state index is -0.767. The highest BCUT2D eigenvalue weighted by Gasteiger charge is 2.35. The van der Waals surface area contributed by atoms with Crippen LogP contribution >= 0.6 is 0 Å². The molecule has 24 heavy (non-hydrogen) atoms. The SMILES string of the molecule is CCCCNC(=O)O[C@@H](CO)[C@@H]1CN(Cc2ccccc2)C(=O)N1. The highest BCUT2D eigenvalue weighted by Crippen LogP contribution is 2.14. The number of ether oxygens (including phenoxy) is 1. The lowest BCUT2D eigenvalue weighted by Crippen LogP contribution is -2.45.